The SMILES string of the molecule is COc1ccc2occ(CC(=O)N(C)C)c2c1. The van der Waals surface area contributed by atoms with Crippen LogP contribution in [0.25, 0.3) is 11.0 Å². The summed E-state index contributed by atoms with van der Waals surface area (Å²) in [5, 5.41) is 0.930. The molecule has 1 aromatic carbocycles. The number of benzene rings is 1. The van der Waals surface area contributed by atoms with E-state index in [1.54, 1.807) is 32.4 Å². The quantitative estimate of drug-likeness (QED) is 0.815. The van der Waals surface area contributed by atoms with Crippen LogP contribution in [0.2, 0.25) is 0 Å². The molecule has 90 valence electrons. The van der Waals surface area contributed by atoms with Gasteiger partial charge in [-0.15, -0.1) is 0 Å². The van der Waals surface area contributed by atoms with Crippen LogP contribution in [-0.4, -0.2) is 32.0 Å². The van der Waals surface area contributed by atoms with Gasteiger partial charge in [-0.3, -0.25) is 4.79 Å². The first kappa shape index (κ1) is 11.5. The Morgan fingerprint density at radius 1 is 1.41 bits per heavy atom. The van der Waals surface area contributed by atoms with Gasteiger partial charge in [-0.05, 0) is 18.2 Å². The van der Waals surface area contributed by atoms with Gasteiger partial charge >= 0.3 is 0 Å². The minimum Gasteiger partial charge on any atom is -0.497 e. The van der Waals surface area contributed by atoms with Crippen LogP contribution in [-0.2, 0) is 11.2 Å². The molecule has 4 heteroatoms. The first-order valence-corrected chi connectivity index (χ1v) is 5.36. The Balaban J connectivity index is 2.37. The number of rotatable bonds is 3. The lowest BCUT2D eigenvalue weighted by Crippen LogP contribution is -2.23. The van der Waals surface area contributed by atoms with Gasteiger partial charge in [0, 0.05) is 25.0 Å². The normalized spacial score (nSPS) is 10.5. The lowest BCUT2D eigenvalue weighted by Gasteiger charge is -2.08. The first-order valence-electron chi connectivity index (χ1n) is 5.36. The molecule has 1 heterocycles. The largest absolute Gasteiger partial charge is 0.497 e. The molecule has 0 bridgehead atoms. The highest BCUT2D eigenvalue weighted by molar-refractivity contribution is 5.88. The molecule has 17 heavy (non-hydrogen) atoms. The Morgan fingerprint density at radius 2 is 2.18 bits per heavy atom. The van der Waals surface area contributed by atoms with Crippen LogP contribution in [0.3, 0.4) is 0 Å². The van der Waals surface area contributed by atoms with Gasteiger partial charge in [0.05, 0.1) is 19.8 Å². The minimum atomic E-state index is 0.0514. The lowest BCUT2D eigenvalue weighted by molar-refractivity contribution is -0.127. The van der Waals surface area contributed by atoms with Crippen LogP contribution in [0.4, 0.5) is 0 Å². The number of amides is 1. The average Bonchev–Trinajstić information content (AvgIpc) is 2.71. The van der Waals surface area contributed by atoms with E-state index in [1.807, 2.05) is 18.2 Å². The Labute approximate surface area is 99.8 Å². The number of hydrogen-bond acceptors (Lipinski definition) is 3. The molecule has 0 radical (unpaired) electrons. The van der Waals surface area contributed by atoms with Crippen molar-refractivity contribution in [3.63, 3.8) is 0 Å². The summed E-state index contributed by atoms with van der Waals surface area (Å²) in [6.45, 7) is 0. The van der Waals surface area contributed by atoms with Crippen molar-refractivity contribution in [1.29, 1.82) is 0 Å². The van der Waals surface area contributed by atoms with Crippen LogP contribution in [0.5, 0.6) is 5.75 Å². The van der Waals surface area contributed by atoms with E-state index in [0.29, 0.717) is 6.42 Å². The summed E-state index contributed by atoms with van der Waals surface area (Å²) in [5.74, 6) is 0.813. The van der Waals surface area contributed by atoms with E-state index >= 15 is 0 Å². The molecule has 0 spiro atoms. The number of nitrogens with zero attached hydrogens (tertiary/aromatic N) is 1. The van der Waals surface area contributed by atoms with Gasteiger partial charge < -0.3 is 14.1 Å². The molecule has 0 N–H and O–H groups in total. The summed E-state index contributed by atoms with van der Waals surface area (Å²) >= 11 is 0. The highest BCUT2D eigenvalue weighted by Gasteiger charge is 2.12. The molecule has 2 aromatic rings. The second-order valence-corrected chi connectivity index (χ2v) is 4.09. The molecule has 0 aliphatic carbocycles. The Bertz CT molecular complexity index is 543. The maximum atomic E-state index is 11.7. The van der Waals surface area contributed by atoms with Crippen molar-refractivity contribution < 1.29 is 13.9 Å². The highest BCUT2D eigenvalue weighted by Crippen LogP contribution is 2.26. The number of carbonyl (C=O) groups is 1. The molecule has 0 atom stereocenters. The summed E-state index contributed by atoms with van der Waals surface area (Å²) in [6.07, 6.45) is 1.97. The van der Waals surface area contributed by atoms with Gasteiger partial charge in [-0.2, -0.15) is 0 Å². The van der Waals surface area contributed by atoms with Crippen molar-refractivity contribution in [3.8, 4) is 5.75 Å². The zero-order valence-corrected chi connectivity index (χ0v) is 10.2. The number of fused-ring (bicyclic) bond motifs is 1. The minimum absolute atomic E-state index is 0.0514. The van der Waals surface area contributed by atoms with Gasteiger partial charge in [-0.25, -0.2) is 0 Å². The van der Waals surface area contributed by atoms with Crippen molar-refractivity contribution in [1.82, 2.24) is 4.90 Å². The fourth-order valence-corrected chi connectivity index (χ4v) is 1.65. The lowest BCUT2D eigenvalue weighted by atomic mass is 10.1. The average molecular weight is 233 g/mol. The van der Waals surface area contributed by atoms with Gasteiger partial charge in [0.15, 0.2) is 0 Å². The number of furan rings is 1. The predicted molar refractivity (Wildman–Crippen MR) is 65.2 cm³/mol. The first-order chi connectivity index (χ1) is 8.11. The highest BCUT2D eigenvalue weighted by atomic mass is 16.5. The smallest absolute Gasteiger partial charge is 0.226 e. The molecule has 0 aliphatic rings. The van der Waals surface area contributed by atoms with E-state index in [2.05, 4.69) is 0 Å². The standard InChI is InChI=1S/C13H15NO3/c1-14(2)13(15)6-9-8-17-12-5-4-10(16-3)7-11(9)12/h4-5,7-8H,6H2,1-3H3. The Morgan fingerprint density at radius 3 is 2.82 bits per heavy atom. The fourth-order valence-electron chi connectivity index (χ4n) is 1.65. The molecule has 0 saturated carbocycles. The summed E-state index contributed by atoms with van der Waals surface area (Å²) in [6, 6.07) is 5.57. The van der Waals surface area contributed by atoms with Crippen LogP contribution < -0.4 is 4.74 Å². The van der Waals surface area contributed by atoms with E-state index in [9.17, 15) is 4.79 Å². The predicted octanol–water partition coefficient (Wildman–Crippen LogP) is 2.07. The Kier molecular flexibility index (Phi) is 3.04. The fraction of sp³-hybridized carbons (Fsp3) is 0.308. The van der Waals surface area contributed by atoms with Gasteiger partial charge in [0.25, 0.3) is 0 Å². The summed E-state index contributed by atoms with van der Waals surface area (Å²) in [7, 11) is 5.10. The molecule has 0 saturated heterocycles. The second-order valence-electron chi connectivity index (χ2n) is 4.09. The van der Waals surface area contributed by atoms with Crippen molar-refractivity contribution >= 4 is 16.9 Å². The number of carbonyl (C=O) groups excluding carboxylic acids is 1. The summed E-state index contributed by atoms with van der Waals surface area (Å²) in [4.78, 5) is 13.2. The third kappa shape index (κ3) is 2.25. The second kappa shape index (κ2) is 4.49. The van der Waals surface area contributed by atoms with Gasteiger partial charge in [0.2, 0.25) is 5.91 Å². The number of likely N-dealkylation sites (N-methyl/N-ethyl adjacent to an activating group) is 1. The molecular formula is C13H15NO3. The number of methoxy groups -OCH3 is 1. The van der Waals surface area contributed by atoms with Crippen molar-refractivity contribution in [2.75, 3.05) is 21.2 Å². The molecular weight excluding hydrogens is 218 g/mol. The van der Waals surface area contributed by atoms with Crippen molar-refractivity contribution in [2.45, 2.75) is 6.42 Å². The van der Waals surface area contributed by atoms with Crippen LogP contribution >= 0.6 is 0 Å². The summed E-state index contributed by atoms with van der Waals surface area (Å²) in [5.41, 5.74) is 1.66. The molecule has 2 rings (SSSR count). The van der Waals surface area contributed by atoms with Crippen molar-refractivity contribution in [3.05, 3.63) is 30.0 Å². The van der Waals surface area contributed by atoms with Gasteiger partial charge in [-0.1, -0.05) is 0 Å². The zero-order valence-electron chi connectivity index (χ0n) is 10.2. The van der Waals surface area contributed by atoms with E-state index in [1.165, 1.54) is 0 Å². The number of hydrogen-bond donors (Lipinski definition) is 0. The molecule has 1 amide bonds. The Hall–Kier alpha value is -1.97. The monoisotopic (exact) mass is 233 g/mol. The van der Waals surface area contributed by atoms with Crippen molar-refractivity contribution in [2.24, 2.45) is 0 Å². The van der Waals surface area contributed by atoms with Crippen LogP contribution in [0.1, 0.15) is 5.56 Å². The molecule has 1 aromatic heterocycles. The topological polar surface area (TPSA) is 42.7 Å². The van der Waals surface area contributed by atoms with Gasteiger partial charge in [0.1, 0.15) is 11.3 Å². The molecule has 0 fully saturated rings. The number of ether oxygens (including phenoxy) is 1. The molecule has 0 aliphatic heterocycles. The maximum Gasteiger partial charge on any atom is 0.226 e. The third-order valence-electron chi connectivity index (χ3n) is 2.70. The van der Waals surface area contributed by atoms with Crippen LogP contribution in [0, 0.1) is 0 Å². The van der Waals surface area contributed by atoms with E-state index in [0.717, 1.165) is 22.3 Å². The van der Waals surface area contributed by atoms with Crippen LogP contribution in [0.15, 0.2) is 28.9 Å². The van der Waals surface area contributed by atoms with E-state index in [-0.39, 0.29) is 5.91 Å². The maximum absolute atomic E-state index is 11.7. The molecule has 4 nitrogen and oxygen atoms in total. The van der Waals surface area contributed by atoms with E-state index < -0.39 is 0 Å². The zero-order chi connectivity index (χ0) is 12.4. The molecule has 0 unspecified atom stereocenters. The van der Waals surface area contributed by atoms with E-state index in [4.69, 9.17) is 9.15 Å². The summed E-state index contributed by atoms with van der Waals surface area (Å²) < 4.78 is 10.6. The third-order valence-corrected chi connectivity index (χ3v) is 2.70.